The average Bonchev–Trinajstić information content (AvgIpc) is 2.28. The minimum absolute atomic E-state index is 0.0743. The summed E-state index contributed by atoms with van der Waals surface area (Å²) in [5.74, 6) is -0.0920. The van der Waals surface area contributed by atoms with Crippen molar-refractivity contribution in [3.05, 3.63) is 35.4 Å². The second kappa shape index (κ2) is 5.13. The lowest BCUT2D eigenvalue weighted by Gasteiger charge is -2.32. The molecule has 1 nitrogen and oxygen atoms in total. The largest absolute Gasteiger partial charge is 0.327 e. The lowest BCUT2D eigenvalue weighted by atomic mass is 9.76. The molecule has 94 valence electrons. The van der Waals surface area contributed by atoms with Gasteiger partial charge in [-0.1, -0.05) is 13.0 Å². The minimum atomic E-state index is -0.449. The van der Waals surface area contributed by atoms with Crippen molar-refractivity contribution in [1.82, 2.24) is 0 Å². The van der Waals surface area contributed by atoms with Gasteiger partial charge in [-0.05, 0) is 49.7 Å². The van der Waals surface area contributed by atoms with Gasteiger partial charge in [0.2, 0.25) is 0 Å². The van der Waals surface area contributed by atoms with Gasteiger partial charge in [-0.15, -0.1) is 0 Å². The lowest BCUT2D eigenvalue weighted by Crippen LogP contribution is -2.37. The zero-order valence-corrected chi connectivity index (χ0v) is 10.1. The van der Waals surface area contributed by atoms with Crippen LogP contribution in [0.2, 0.25) is 0 Å². The highest BCUT2D eigenvalue weighted by atomic mass is 19.1. The lowest BCUT2D eigenvalue weighted by molar-refractivity contribution is 0.241. The summed E-state index contributed by atoms with van der Waals surface area (Å²) in [4.78, 5) is 0. The molecule has 3 atom stereocenters. The van der Waals surface area contributed by atoms with Crippen molar-refractivity contribution >= 4 is 0 Å². The van der Waals surface area contributed by atoms with Crippen molar-refractivity contribution in [2.45, 2.75) is 38.6 Å². The molecule has 0 heterocycles. The van der Waals surface area contributed by atoms with Crippen LogP contribution in [0.4, 0.5) is 8.78 Å². The van der Waals surface area contributed by atoms with Gasteiger partial charge in [-0.2, -0.15) is 0 Å². The molecule has 0 bridgehead atoms. The summed E-state index contributed by atoms with van der Waals surface area (Å²) in [6.07, 6.45) is 3.47. The summed E-state index contributed by atoms with van der Waals surface area (Å²) in [5.41, 5.74) is 6.24. The van der Waals surface area contributed by atoms with Gasteiger partial charge in [0.25, 0.3) is 0 Å². The third-order valence-electron chi connectivity index (χ3n) is 3.83. The van der Waals surface area contributed by atoms with Gasteiger partial charge >= 0.3 is 0 Å². The van der Waals surface area contributed by atoms with E-state index in [1.165, 1.54) is 18.2 Å². The number of rotatable bonds is 2. The first-order valence-corrected chi connectivity index (χ1v) is 6.26. The van der Waals surface area contributed by atoms with Crippen molar-refractivity contribution in [3.63, 3.8) is 0 Å². The normalized spacial score (nSPS) is 29.3. The maximum Gasteiger partial charge on any atom is 0.129 e. The predicted octanol–water partition coefficient (Wildman–Crippen LogP) is 3.27. The summed E-state index contributed by atoms with van der Waals surface area (Å²) in [7, 11) is 0. The standard InChI is InChI=1S/C14H19F2N/c1-9-5-6-14(17)10(7-9)8-11-12(15)3-2-4-13(11)16/h2-4,9-10,14H,5-8,17H2,1H3. The monoisotopic (exact) mass is 239 g/mol. The molecule has 0 radical (unpaired) electrons. The summed E-state index contributed by atoms with van der Waals surface area (Å²) >= 11 is 0. The summed E-state index contributed by atoms with van der Waals surface area (Å²) in [5, 5.41) is 0. The van der Waals surface area contributed by atoms with Gasteiger partial charge in [0, 0.05) is 11.6 Å². The first-order valence-electron chi connectivity index (χ1n) is 6.26. The predicted molar refractivity (Wildman–Crippen MR) is 64.5 cm³/mol. The minimum Gasteiger partial charge on any atom is -0.327 e. The maximum atomic E-state index is 13.5. The fraction of sp³-hybridized carbons (Fsp3) is 0.571. The SMILES string of the molecule is CC1CCC(N)C(Cc2c(F)cccc2F)C1. The molecule has 1 aromatic rings. The van der Waals surface area contributed by atoms with Gasteiger partial charge in [-0.25, -0.2) is 8.78 Å². The second-order valence-corrected chi connectivity index (χ2v) is 5.25. The second-order valence-electron chi connectivity index (χ2n) is 5.25. The van der Waals surface area contributed by atoms with E-state index in [-0.39, 0.29) is 17.5 Å². The number of nitrogens with two attached hydrogens (primary N) is 1. The molecule has 1 aromatic carbocycles. The van der Waals surface area contributed by atoms with E-state index in [0.717, 1.165) is 19.3 Å². The van der Waals surface area contributed by atoms with Crippen LogP contribution in [-0.4, -0.2) is 6.04 Å². The van der Waals surface area contributed by atoms with Crippen LogP contribution < -0.4 is 5.73 Å². The first-order chi connectivity index (χ1) is 8.08. The molecule has 1 saturated carbocycles. The van der Waals surface area contributed by atoms with E-state index in [1.54, 1.807) is 0 Å². The Morgan fingerprint density at radius 1 is 1.24 bits per heavy atom. The zero-order chi connectivity index (χ0) is 12.4. The fourth-order valence-electron chi connectivity index (χ4n) is 2.75. The Bertz CT molecular complexity index is 372. The van der Waals surface area contributed by atoms with Crippen LogP contribution in [0.25, 0.3) is 0 Å². The Balaban J connectivity index is 2.14. The molecule has 0 aromatic heterocycles. The summed E-state index contributed by atoms with van der Waals surface area (Å²) in [6.45, 7) is 2.18. The van der Waals surface area contributed by atoms with E-state index in [0.29, 0.717) is 12.3 Å². The van der Waals surface area contributed by atoms with Crippen LogP contribution in [-0.2, 0) is 6.42 Å². The maximum absolute atomic E-state index is 13.5. The number of halogens is 2. The third kappa shape index (κ3) is 2.83. The molecule has 1 aliphatic rings. The number of hydrogen-bond acceptors (Lipinski definition) is 1. The van der Waals surface area contributed by atoms with E-state index in [1.807, 2.05) is 0 Å². The van der Waals surface area contributed by atoms with Crippen LogP contribution in [0.1, 0.15) is 31.7 Å². The molecular weight excluding hydrogens is 220 g/mol. The smallest absolute Gasteiger partial charge is 0.129 e. The van der Waals surface area contributed by atoms with Crippen molar-refractivity contribution in [1.29, 1.82) is 0 Å². The van der Waals surface area contributed by atoms with E-state index in [9.17, 15) is 8.78 Å². The van der Waals surface area contributed by atoms with E-state index < -0.39 is 11.6 Å². The number of benzene rings is 1. The Kier molecular flexibility index (Phi) is 3.77. The van der Waals surface area contributed by atoms with Crippen LogP contribution in [0, 0.1) is 23.5 Å². The molecule has 3 unspecified atom stereocenters. The highest BCUT2D eigenvalue weighted by Gasteiger charge is 2.27. The van der Waals surface area contributed by atoms with E-state index in [2.05, 4.69) is 6.92 Å². The van der Waals surface area contributed by atoms with Crippen LogP contribution in [0.3, 0.4) is 0 Å². The van der Waals surface area contributed by atoms with Crippen LogP contribution >= 0.6 is 0 Å². The van der Waals surface area contributed by atoms with Crippen molar-refractivity contribution < 1.29 is 8.78 Å². The van der Waals surface area contributed by atoms with Gasteiger partial charge < -0.3 is 5.73 Å². The molecule has 0 aliphatic heterocycles. The highest BCUT2D eigenvalue weighted by molar-refractivity contribution is 5.20. The van der Waals surface area contributed by atoms with E-state index in [4.69, 9.17) is 5.73 Å². The zero-order valence-electron chi connectivity index (χ0n) is 10.1. The molecule has 0 spiro atoms. The van der Waals surface area contributed by atoms with Crippen LogP contribution in [0.5, 0.6) is 0 Å². The van der Waals surface area contributed by atoms with Crippen molar-refractivity contribution in [3.8, 4) is 0 Å². The summed E-state index contributed by atoms with van der Waals surface area (Å²) in [6, 6.07) is 4.11. The third-order valence-corrected chi connectivity index (χ3v) is 3.83. The quantitative estimate of drug-likeness (QED) is 0.842. The number of hydrogen-bond donors (Lipinski definition) is 1. The van der Waals surface area contributed by atoms with E-state index >= 15 is 0 Å². The molecule has 0 saturated heterocycles. The summed E-state index contributed by atoms with van der Waals surface area (Å²) < 4.78 is 27.1. The van der Waals surface area contributed by atoms with Crippen molar-refractivity contribution in [2.75, 3.05) is 0 Å². The Morgan fingerprint density at radius 3 is 2.53 bits per heavy atom. The average molecular weight is 239 g/mol. The topological polar surface area (TPSA) is 26.0 Å². The Labute approximate surface area is 101 Å². The highest BCUT2D eigenvalue weighted by Crippen LogP contribution is 2.31. The molecule has 3 heteroatoms. The molecule has 17 heavy (non-hydrogen) atoms. The molecule has 2 N–H and O–H groups in total. The first kappa shape index (κ1) is 12.5. The Morgan fingerprint density at radius 2 is 1.88 bits per heavy atom. The molecule has 0 amide bonds. The van der Waals surface area contributed by atoms with Crippen molar-refractivity contribution in [2.24, 2.45) is 17.6 Å². The van der Waals surface area contributed by atoms with Gasteiger partial charge in [-0.3, -0.25) is 0 Å². The van der Waals surface area contributed by atoms with Crippen LogP contribution in [0.15, 0.2) is 18.2 Å². The van der Waals surface area contributed by atoms with Gasteiger partial charge in [0.1, 0.15) is 11.6 Å². The fourth-order valence-corrected chi connectivity index (χ4v) is 2.75. The van der Waals surface area contributed by atoms with Gasteiger partial charge in [0.05, 0.1) is 0 Å². The molecule has 1 fully saturated rings. The molecule has 2 rings (SSSR count). The molecule has 1 aliphatic carbocycles. The van der Waals surface area contributed by atoms with Gasteiger partial charge in [0.15, 0.2) is 0 Å². The Hall–Kier alpha value is -0.960. The molecular formula is C14H19F2N.